The molecule has 0 saturated carbocycles. The molecule has 0 radical (unpaired) electrons. The van der Waals surface area contributed by atoms with Gasteiger partial charge in [0.05, 0.1) is 5.92 Å². The fraction of sp³-hybridized carbons (Fsp3) is 0.524. The molecule has 3 N–H and O–H groups in total. The molecule has 2 heterocycles. The first-order chi connectivity index (χ1) is 14.7. The van der Waals surface area contributed by atoms with E-state index in [0.717, 1.165) is 36.8 Å². The second kappa shape index (κ2) is 10.0. The summed E-state index contributed by atoms with van der Waals surface area (Å²) >= 11 is 1.11. The molecular weight excluding hydrogens is 418 g/mol. The topological polar surface area (TPSA) is 112 Å². The van der Waals surface area contributed by atoms with Crippen molar-refractivity contribution in [1.82, 2.24) is 10.7 Å². The lowest BCUT2D eigenvalue weighted by Gasteiger charge is -2.19. The summed E-state index contributed by atoms with van der Waals surface area (Å²) in [4.78, 5) is 38.0. The number of nitrogens with one attached hydrogen (secondary N) is 3. The Morgan fingerprint density at radius 3 is 2.61 bits per heavy atom. The molecule has 0 bridgehead atoms. The Morgan fingerprint density at radius 1 is 1.32 bits per heavy atom. The first-order valence-electron chi connectivity index (χ1n) is 10.3. The Kier molecular flexibility index (Phi) is 7.42. The number of amidine groups is 1. The summed E-state index contributed by atoms with van der Waals surface area (Å²) in [7, 11) is 0. The summed E-state index contributed by atoms with van der Waals surface area (Å²) in [6, 6.07) is 8.09. The van der Waals surface area contributed by atoms with Gasteiger partial charge in [-0.3, -0.25) is 4.79 Å². The van der Waals surface area contributed by atoms with Gasteiger partial charge in [0.25, 0.3) is 0 Å². The van der Waals surface area contributed by atoms with Gasteiger partial charge < -0.3 is 25.1 Å². The first kappa shape index (κ1) is 22.9. The molecule has 3 rings (SSSR count). The van der Waals surface area contributed by atoms with E-state index in [9.17, 15) is 14.4 Å². The number of thioether (sulfide) groups is 1. The van der Waals surface area contributed by atoms with Crippen LogP contribution in [0.2, 0.25) is 0 Å². The molecule has 2 fully saturated rings. The highest BCUT2D eigenvalue weighted by Gasteiger charge is 2.37. The van der Waals surface area contributed by atoms with E-state index in [2.05, 4.69) is 38.2 Å². The van der Waals surface area contributed by atoms with Crippen LogP contribution >= 0.6 is 11.8 Å². The molecular formula is C21H29N5O4S. The molecule has 1 aromatic carbocycles. The molecule has 2 unspecified atom stereocenters. The second-order valence-electron chi connectivity index (χ2n) is 8.48. The smallest absolute Gasteiger partial charge is 0.428 e. The van der Waals surface area contributed by atoms with Crippen molar-refractivity contribution in [2.45, 2.75) is 44.5 Å². The number of hydrogen-bond acceptors (Lipinski definition) is 8. The zero-order valence-electron chi connectivity index (χ0n) is 18.0. The summed E-state index contributed by atoms with van der Waals surface area (Å²) < 4.78 is 5.10. The van der Waals surface area contributed by atoms with Gasteiger partial charge in [0.15, 0.2) is 5.17 Å². The molecule has 2 amide bonds. The van der Waals surface area contributed by atoms with Crippen molar-refractivity contribution in [2.75, 3.05) is 29.9 Å². The lowest BCUT2D eigenvalue weighted by atomic mass is 10.1. The maximum Gasteiger partial charge on any atom is 0.428 e. The highest BCUT2D eigenvalue weighted by molar-refractivity contribution is 8.15. The van der Waals surface area contributed by atoms with Gasteiger partial charge in [-0.25, -0.2) is 10.2 Å². The maximum absolute atomic E-state index is 12.3. The van der Waals surface area contributed by atoms with Crippen molar-refractivity contribution >= 4 is 46.6 Å². The van der Waals surface area contributed by atoms with Crippen LogP contribution in [-0.4, -0.2) is 53.9 Å². The van der Waals surface area contributed by atoms with E-state index < -0.39 is 22.9 Å². The molecule has 2 aliphatic heterocycles. The number of carbonyl (C=O) groups excluding carboxylic acids is 3. The highest BCUT2D eigenvalue weighted by atomic mass is 32.2. The number of carbonyl (C=O) groups is 3. The Balaban J connectivity index is 1.52. The zero-order valence-corrected chi connectivity index (χ0v) is 18.8. The molecule has 31 heavy (non-hydrogen) atoms. The lowest BCUT2D eigenvalue weighted by Crippen LogP contribution is -2.34. The number of ether oxygens (including phenoxy) is 1. The number of benzene rings is 1. The number of aldehydes is 1. The minimum Gasteiger partial charge on any atom is -0.443 e. The molecule has 0 spiro atoms. The van der Waals surface area contributed by atoms with E-state index in [1.54, 1.807) is 20.8 Å². The minimum atomic E-state index is -0.718. The van der Waals surface area contributed by atoms with Gasteiger partial charge in [-0.1, -0.05) is 11.8 Å². The van der Waals surface area contributed by atoms with Crippen molar-refractivity contribution in [2.24, 2.45) is 11.0 Å². The number of hydrogen-bond donors (Lipinski definition) is 3. The van der Waals surface area contributed by atoms with Crippen molar-refractivity contribution in [1.29, 1.82) is 0 Å². The minimum absolute atomic E-state index is 0.225. The molecule has 10 heteroatoms. The highest BCUT2D eigenvalue weighted by Crippen LogP contribution is 2.26. The molecule has 2 atom stereocenters. The molecule has 9 nitrogen and oxygen atoms in total. The Morgan fingerprint density at radius 2 is 2.00 bits per heavy atom. The van der Waals surface area contributed by atoms with Crippen LogP contribution in [-0.2, 0) is 14.3 Å². The van der Waals surface area contributed by atoms with Crippen molar-refractivity contribution in [3.05, 3.63) is 24.3 Å². The fourth-order valence-corrected chi connectivity index (χ4v) is 4.34. The van der Waals surface area contributed by atoms with Crippen LogP contribution in [0.15, 0.2) is 29.4 Å². The van der Waals surface area contributed by atoms with Crippen LogP contribution in [0.3, 0.4) is 0 Å². The molecule has 2 aliphatic rings. The van der Waals surface area contributed by atoms with Crippen molar-refractivity contribution in [3.63, 3.8) is 0 Å². The van der Waals surface area contributed by atoms with Crippen LogP contribution in [0, 0.1) is 5.92 Å². The average Bonchev–Trinajstić information content (AvgIpc) is 3.37. The predicted molar refractivity (Wildman–Crippen MR) is 122 cm³/mol. The largest absolute Gasteiger partial charge is 0.443 e. The summed E-state index contributed by atoms with van der Waals surface area (Å²) in [5, 5.41) is 9.28. The van der Waals surface area contributed by atoms with Crippen LogP contribution in [0.5, 0.6) is 0 Å². The van der Waals surface area contributed by atoms with E-state index in [4.69, 9.17) is 4.74 Å². The number of hydrazone groups is 1. The van der Waals surface area contributed by atoms with Gasteiger partial charge in [-0.05, 0) is 57.9 Å². The van der Waals surface area contributed by atoms with E-state index in [1.807, 2.05) is 12.1 Å². The summed E-state index contributed by atoms with van der Waals surface area (Å²) in [6.45, 7) is 7.70. The molecule has 2 saturated heterocycles. The van der Waals surface area contributed by atoms with E-state index in [1.165, 1.54) is 18.5 Å². The quantitative estimate of drug-likeness (QED) is 0.435. The second-order valence-corrected chi connectivity index (χ2v) is 9.61. The summed E-state index contributed by atoms with van der Waals surface area (Å²) in [5.74, 6) is -0.879. The third kappa shape index (κ3) is 6.61. The van der Waals surface area contributed by atoms with Gasteiger partial charge in [0.1, 0.15) is 17.1 Å². The number of amides is 2. The zero-order chi connectivity index (χ0) is 22.4. The van der Waals surface area contributed by atoms with Crippen LogP contribution in [0.4, 0.5) is 16.2 Å². The summed E-state index contributed by atoms with van der Waals surface area (Å²) in [5.41, 5.74) is 3.68. The van der Waals surface area contributed by atoms with E-state index >= 15 is 0 Å². The summed E-state index contributed by atoms with van der Waals surface area (Å²) in [6.07, 6.45) is 2.50. The molecule has 0 aromatic heterocycles. The number of anilines is 2. The predicted octanol–water partition coefficient (Wildman–Crippen LogP) is 2.54. The van der Waals surface area contributed by atoms with Gasteiger partial charge in [0, 0.05) is 31.0 Å². The normalized spacial score (nSPS) is 21.0. The third-order valence-electron chi connectivity index (χ3n) is 4.82. The first-order valence-corrected chi connectivity index (χ1v) is 11.2. The average molecular weight is 448 g/mol. The molecule has 0 aliphatic carbocycles. The van der Waals surface area contributed by atoms with Crippen LogP contribution in [0.25, 0.3) is 0 Å². The van der Waals surface area contributed by atoms with E-state index in [-0.39, 0.29) is 11.1 Å². The molecule has 168 valence electrons. The number of rotatable bonds is 7. The van der Waals surface area contributed by atoms with Crippen LogP contribution < -0.4 is 21.0 Å². The van der Waals surface area contributed by atoms with Gasteiger partial charge in [-0.15, -0.1) is 5.10 Å². The Bertz CT molecular complexity index is 831. The van der Waals surface area contributed by atoms with Crippen molar-refractivity contribution in [3.8, 4) is 0 Å². The third-order valence-corrected chi connectivity index (χ3v) is 6.05. The van der Waals surface area contributed by atoms with E-state index in [0.29, 0.717) is 6.54 Å². The Hall–Kier alpha value is -2.75. The fourth-order valence-electron chi connectivity index (χ4n) is 3.34. The number of nitrogens with zero attached hydrogens (tertiary/aromatic N) is 2. The van der Waals surface area contributed by atoms with Gasteiger partial charge in [-0.2, -0.15) is 0 Å². The van der Waals surface area contributed by atoms with Crippen molar-refractivity contribution < 1.29 is 19.1 Å². The monoisotopic (exact) mass is 447 g/mol. The lowest BCUT2D eigenvalue weighted by molar-refractivity contribution is -0.122. The Labute approximate surface area is 186 Å². The van der Waals surface area contributed by atoms with Gasteiger partial charge >= 0.3 is 6.09 Å². The molecule has 1 aromatic rings. The van der Waals surface area contributed by atoms with Crippen LogP contribution in [0.1, 0.15) is 33.6 Å². The van der Waals surface area contributed by atoms with Gasteiger partial charge in [0.2, 0.25) is 5.91 Å². The maximum atomic E-state index is 12.3. The standard InChI is InChI=1S/C21H29N5O4S/c1-21(2,3)30-20(29)25-24-19-23-18(28)17(31-19)14(13-27)12-22-15-6-8-16(9-7-15)26-10-4-5-11-26/h6-9,13-14,17,22H,4-5,10-12H2,1-3H3,(H,25,29)(H,23,24,28). The SMILES string of the molecule is CC(C)(C)OC(=O)N/N=C1\NC(=O)C(C(C=O)CNc2ccc(N3CCCC3)cc2)S1.